The van der Waals surface area contributed by atoms with Crippen LogP contribution < -0.4 is 10.2 Å². The van der Waals surface area contributed by atoms with E-state index in [9.17, 15) is 19.2 Å². The molecule has 0 saturated carbocycles. The Kier molecular flexibility index (Phi) is 9.05. The van der Waals surface area contributed by atoms with Crippen molar-refractivity contribution in [3.8, 4) is 0 Å². The molecule has 2 aromatic rings. The Bertz CT molecular complexity index is 1300. The molecule has 0 bridgehead atoms. The maximum Gasteiger partial charge on any atom is 0.415 e. The number of methoxy groups -OCH3 is 1. The van der Waals surface area contributed by atoms with Gasteiger partial charge in [0.15, 0.2) is 0 Å². The van der Waals surface area contributed by atoms with E-state index < -0.39 is 41.7 Å². The number of benzene rings is 2. The summed E-state index contributed by atoms with van der Waals surface area (Å²) < 4.78 is 10.6. The van der Waals surface area contributed by atoms with Crippen LogP contribution in [0, 0.1) is 5.92 Å². The summed E-state index contributed by atoms with van der Waals surface area (Å²) in [6.45, 7) is 9.56. The summed E-state index contributed by atoms with van der Waals surface area (Å²) in [6.07, 6.45) is 0.915. The highest BCUT2D eigenvalue weighted by atomic mass is 16.6. The zero-order chi connectivity index (χ0) is 29.9. The van der Waals surface area contributed by atoms with E-state index in [2.05, 4.69) is 5.32 Å². The molecule has 1 N–H and O–H groups in total. The van der Waals surface area contributed by atoms with Crippen LogP contribution in [0.5, 0.6) is 0 Å². The predicted octanol–water partition coefficient (Wildman–Crippen LogP) is 4.40. The highest BCUT2D eigenvalue weighted by Gasteiger charge is 2.43. The maximum atomic E-state index is 14.2. The molecule has 0 spiro atoms. The number of ether oxygens (including phenoxy) is 2. The summed E-state index contributed by atoms with van der Waals surface area (Å²) in [5, 5.41) is 3.01. The molecule has 0 aromatic heterocycles. The lowest BCUT2D eigenvalue weighted by atomic mass is 9.89. The first kappa shape index (κ1) is 30.1. The Hall–Kier alpha value is -3.88. The molecular formula is C32H41N3O6. The van der Waals surface area contributed by atoms with Gasteiger partial charge in [0.05, 0.1) is 19.2 Å². The molecule has 220 valence electrons. The summed E-state index contributed by atoms with van der Waals surface area (Å²) in [7, 11) is 1.34. The number of esters is 1. The normalized spacial score (nSPS) is 19.5. The fraction of sp³-hybridized carbons (Fsp3) is 0.500. The van der Waals surface area contributed by atoms with E-state index in [1.165, 1.54) is 12.0 Å². The van der Waals surface area contributed by atoms with Gasteiger partial charge in [-0.3, -0.25) is 19.3 Å². The molecule has 0 saturated heterocycles. The molecule has 3 amide bonds. The van der Waals surface area contributed by atoms with Gasteiger partial charge in [-0.05, 0) is 55.9 Å². The van der Waals surface area contributed by atoms with Crippen molar-refractivity contribution in [3.63, 3.8) is 0 Å². The summed E-state index contributed by atoms with van der Waals surface area (Å²) in [4.78, 5) is 56.8. The number of hydrogen-bond donors (Lipinski definition) is 1. The van der Waals surface area contributed by atoms with Crippen molar-refractivity contribution < 1.29 is 28.7 Å². The maximum absolute atomic E-state index is 14.2. The van der Waals surface area contributed by atoms with Crippen molar-refractivity contribution in [2.45, 2.75) is 90.6 Å². The number of fused-ring (bicyclic) bond motifs is 2. The molecule has 2 heterocycles. The lowest BCUT2D eigenvalue weighted by Crippen LogP contribution is -2.59. The Morgan fingerprint density at radius 2 is 1.61 bits per heavy atom. The van der Waals surface area contributed by atoms with Gasteiger partial charge in [0.1, 0.15) is 17.7 Å². The minimum Gasteiger partial charge on any atom is -0.469 e. The third-order valence-electron chi connectivity index (χ3n) is 7.91. The number of nitrogens with zero attached hydrogens (tertiary/aromatic N) is 2. The fourth-order valence-corrected chi connectivity index (χ4v) is 5.55. The Morgan fingerprint density at radius 3 is 2.24 bits per heavy atom. The number of rotatable bonds is 7. The Balaban J connectivity index is 1.61. The molecule has 4 atom stereocenters. The molecule has 0 unspecified atom stereocenters. The number of carbonyl (C=O) groups excluding carboxylic acids is 4. The average Bonchev–Trinajstić information content (AvgIpc) is 3.34. The van der Waals surface area contributed by atoms with Gasteiger partial charge in [-0.15, -0.1) is 0 Å². The third kappa shape index (κ3) is 6.72. The largest absolute Gasteiger partial charge is 0.469 e. The summed E-state index contributed by atoms with van der Waals surface area (Å²) >= 11 is 0. The molecule has 2 aliphatic rings. The van der Waals surface area contributed by atoms with Gasteiger partial charge in [-0.1, -0.05) is 62.7 Å². The van der Waals surface area contributed by atoms with Crippen LogP contribution in [0.3, 0.4) is 0 Å². The average molecular weight is 564 g/mol. The van der Waals surface area contributed by atoms with Crippen molar-refractivity contribution in [1.29, 1.82) is 0 Å². The minimum absolute atomic E-state index is 0.0576. The highest BCUT2D eigenvalue weighted by Crippen LogP contribution is 2.34. The molecule has 0 radical (unpaired) electrons. The number of hydrogen-bond acceptors (Lipinski definition) is 6. The quantitative estimate of drug-likeness (QED) is 0.501. The van der Waals surface area contributed by atoms with Crippen molar-refractivity contribution in [3.05, 3.63) is 65.2 Å². The van der Waals surface area contributed by atoms with Crippen LogP contribution in [0.1, 0.15) is 64.2 Å². The second-order valence-corrected chi connectivity index (χ2v) is 11.9. The third-order valence-corrected chi connectivity index (χ3v) is 7.91. The van der Waals surface area contributed by atoms with Gasteiger partial charge < -0.3 is 19.7 Å². The number of anilines is 1. The van der Waals surface area contributed by atoms with E-state index in [4.69, 9.17) is 9.47 Å². The van der Waals surface area contributed by atoms with Gasteiger partial charge in [0, 0.05) is 19.0 Å². The summed E-state index contributed by atoms with van der Waals surface area (Å²) in [6, 6.07) is 13.1. The molecular weight excluding hydrogens is 522 g/mol. The van der Waals surface area contributed by atoms with E-state index in [-0.39, 0.29) is 18.2 Å². The zero-order valence-electron chi connectivity index (χ0n) is 24.8. The lowest BCUT2D eigenvalue weighted by Gasteiger charge is -2.40. The fourth-order valence-electron chi connectivity index (χ4n) is 5.55. The Morgan fingerprint density at radius 1 is 0.976 bits per heavy atom. The first-order valence-electron chi connectivity index (χ1n) is 14.3. The van der Waals surface area contributed by atoms with E-state index in [0.29, 0.717) is 31.5 Å². The predicted molar refractivity (Wildman–Crippen MR) is 155 cm³/mol. The topological polar surface area (TPSA) is 105 Å². The molecule has 41 heavy (non-hydrogen) atoms. The standard InChI is InChI=1S/C32H41N3O6/c1-7-20(2)28(30(38)34-19-23-14-9-8-12-21(23)16-24(34)18-27(36)40-6)33-29(37)26-17-22-13-10-11-15-25(22)35(26)31(39)41-32(3,4)5/h8-15,20,24,26,28H,7,16-19H2,1-6H3,(H,33,37)/t20-,24+,26+,28-/m0/s1. The highest BCUT2D eigenvalue weighted by molar-refractivity contribution is 6.02. The monoisotopic (exact) mass is 563 g/mol. The number of carbonyl (C=O) groups is 4. The van der Waals surface area contributed by atoms with Gasteiger partial charge in [0.25, 0.3) is 0 Å². The lowest BCUT2D eigenvalue weighted by molar-refractivity contribution is -0.146. The molecule has 0 aliphatic carbocycles. The first-order valence-corrected chi connectivity index (χ1v) is 14.3. The van der Waals surface area contributed by atoms with Crippen LogP contribution in [-0.4, -0.2) is 59.6 Å². The smallest absolute Gasteiger partial charge is 0.415 e. The van der Waals surface area contributed by atoms with Crippen LogP contribution in [0.25, 0.3) is 0 Å². The Labute approximate surface area is 242 Å². The zero-order valence-corrected chi connectivity index (χ0v) is 24.8. The van der Waals surface area contributed by atoms with Crippen LogP contribution >= 0.6 is 0 Å². The summed E-state index contributed by atoms with van der Waals surface area (Å²) in [5.74, 6) is -1.27. The summed E-state index contributed by atoms with van der Waals surface area (Å²) in [5.41, 5.74) is 2.84. The second kappa shape index (κ2) is 12.3. The molecule has 9 heteroatoms. The molecule has 0 fully saturated rings. The van der Waals surface area contributed by atoms with Crippen LogP contribution in [-0.2, 0) is 43.2 Å². The van der Waals surface area contributed by atoms with Crippen molar-refractivity contribution in [2.24, 2.45) is 5.92 Å². The number of para-hydroxylation sites is 1. The van der Waals surface area contributed by atoms with E-state index in [1.807, 2.05) is 56.3 Å². The first-order chi connectivity index (χ1) is 19.4. The van der Waals surface area contributed by atoms with Crippen LogP contribution in [0.4, 0.5) is 10.5 Å². The van der Waals surface area contributed by atoms with E-state index in [0.717, 1.165) is 16.7 Å². The molecule has 2 aliphatic heterocycles. The second-order valence-electron chi connectivity index (χ2n) is 11.9. The van der Waals surface area contributed by atoms with E-state index >= 15 is 0 Å². The SMILES string of the molecule is CC[C@H](C)[C@H](NC(=O)[C@H]1Cc2ccccc2N1C(=O)OC(C)(C)C)C(=O)N1Cc2ccccc2C[C@@H]1CC(=O)OC. The number of nitrogens with one attached hydrogen (secondary N) is 1. The molecule has 4 rings (SSSR count). The van der Waals surface area contributed by atoms with Gasteiger partial charge in [-0.25, -0.2) is 4.79 Å². The van der Waals surface area contributed by atoms with Crippen molar-refractivity contribution in [2.75, 3.05) is 12.0 Å². The van der Waals surface area contributed by atoms with Gasteiger partial charge >= 0.3 is 12.1 Å². The van der Waals surface area contributed by atoms with Crippen molar-refractivity contribution >= 4 is 29.6 Å². The van der Waals surface area contributed by atoms with Crippen LogP contribution in [0.15, 0.2) is 48.5 Å². The van der Waals surface area contributed by atoms with E-state index in [1.54, 1.807) is 31.7 Å². The molecule has 9 nitrogen and oxygen atoms in total. The van der Waals surface area contributed by atoms with Gasteiger partial charge in [-0.2, -0.15) is 0 Å². The number of amides is 3. The van der Waals surface area contributed by atoms with Crippen LogP contribution in [0.2, 0.25) is 0 Å². The van der Waals surface area contributed by atoms with Crippen molar-refractivity contribution in [1.82, 2.24) is 10.2 Å². The minimum atomic E-state index is -0.866. The molecule has 2 aromatic carbocycles. The van der Waals surface area contributed by atoms with Gasteiger partial charge in [0.2, 0.25) is 11.8 Å².